The third-order valence-electron chi connectivity index (χ3n) is 3.81. The number of anilines is 1. The molecule has 1 saturated carbocycles. The molecule has 2 aromatic carbocycles. The Kier molecular flexibility index (Phi) is 4.27. The van der Waals surface area contributed by atoms with Gasteiger partial charge in [-0.25, -0.2) is 0 Å². The minimum absolute atomic E-state index is 0.00871. The van der Waals surface area contributed by atoms with Crippen LogP contribution in [0.15, 0.2) is 42.5 Å². The number of hydrogen-bond acceptors (Lipinski definition) is 2. The van der Waals surface area contributed by atoms with Crippen molar-refractivity contribution in [2.24, 2.45) is 5.92 Å². The molecule has 0 aliphatic heterocycles. The number of rotatable bonds is 4. The predicted octanol–water partition coefficient (Wildman–Crippen LogP) is 4.74. The molecule has 0 heterocycles. The fourth-order valence-corrected chi connectivity index (χ4v) is 3.16. The molecule has 0 radical (unpaired) electrons. The van der Waals surface area contributed by atoms with Crippen molar-refractivity contribution in [2.75, 3.05) is 12.4 Å². The molecule has 1 fully saturated rings. The highest BCUT2D eigenvalue weighted by atomic mass is 35.5. The van der Waals surface area contributed by atoms with Gasteiger partial charge in [0, 0.05) is 16.0 Å². The van der Waals surface area contributed by atoms with E-state index >= 15 is 0 Å². The molecule has 3 rings (SSSR count). The molecule has 2 atom stereocenters. The summed E-state index contributed by atoms with van der Waals surface area (Å²) in [4.78, 5) is 12.4. The quantitative estimate of drug-likeness (QED) is 0.875. The fraction of sp³-hybridized carbons (Fsp3) is 0.235. The lowest BCUT2D eigenvalue weighted by Crippen LogP contribution is -2.15. The van der Waals surface area contributed by atoms with Gasteiger partial charge in [-0.1, -0.05) is 35.3 Å². The first-order valence-corrected chi connectivity index (χ1v) is 7.74. The molecule has 0 aromatic heterocycles. The number of ether oxygens (including phenoxy) is 1. The summed E-state index contributed by atoms with van der Waals surface area (Å²) in [6.45, 7) is 0. The molecule has 1 aliphatic rings. The summed E-state index contributed by atoms with van der Waals surface area (Å²) in [5, 5.41) is 4.11. The zero-order chi connectivity index (χ0) is 15.7. The van der Waals surface area contributed by atoms with Crippen LogP contribution in [0.2, 0.25) is 10.0 Å². The normalized spacial score (nSPS) is 19.6. The Morgan fingerprint density at radius 2 is 1.86 bits per heavy atom. The fourth-order valence-electron chi connectivity index (χ4n) is 2.62. The van der Waals surface area contributed by atoms with E-state index in [1.165, 1.54) is 0 Å². The van der Waals surface area contributed by atoms with Crippen LogP contribution in [0.25, 0.3) is 0 Å². The van der Waals surface area contributed by atoms with Crippen LogP contribution in [0.1, 0.15) is 17.9 Å². The maximum atomic E-state index is 12.4. The zero-order valence-electron chi connectivity index (χ0n) is 12.0. The van der Waals surface area contributed by atoms with Gasteiger partial charge < -0.3 is 10.1 Å². The number of halogens is 2. The van der Waals surface area contributed by atoms with Crippen LogP contribution < -0.4 is 10.1 Å². The minimum atomic E-state index is -0.0561. The zero-order valence-corrected chi connectivity index (χ0v) is 13.5. The van der Waals surface area contributed by atoms with Crippen molar-refractivity contribution in [1.82, 2.24) is 0 Å². The van der Waals surface area contributed by atoms with E-state index in [0.29, 0.717) is 21.5 Å². The minimum Gasteiger partial charge on any atom is -0.495 e. The van der Waals surface area contributed by atoms with Crippen LogP contribution >= 0.6 is 23.2 Å². The van der Waals surface area contributed by atoms with Crippen molar-refractivity contribution in [3.05, 3.63) is 58.1 Å². The highest BCUT2D eigenvalue weighted by molar-refractivity contribution is 6.34. The van der Waals surface area contributed by atoms with Gasteiger partial charge in [0.2, 0.25) is 5.91 Å². The number of amides is 1. The average molecular weight is 336 g/mol. The Morgan fingerprint density at radius 1 is 1.18 bits per heavy atom. The maximum absolute atomic E-state index is 12.4. The molecular weight excluding hydrogens is 321 g/mol. The molecule has 1 N–H and O–H groups in total. The van der Waals surface area contributed by atoms with Gasteiger partial charge in [-0.3, -0.25) is 4.79 Å². The second-order valence-electron chi connectivity index (χ2n) is 5.34. The highest BCUT2D eigenvalue weighted by Gasteiger charge is 2.44. The van der Waals surface area contributed by atoms with Gasteiger partial charge in [0.1, 0.15) is 5.75 Å². The van der Waals surface area contributed by atoms with Crippen LogP contribution in [-0.4, -0.2) is 13.0 Å². The second kappa shape index (κ2) is 6.19. The van der Waals surface area contributed by atoms with Crippen LogP contribution in [0.3, 0.4) is 0 Å². The lowest BCUT2D eigenvalue weighted by atomic mass is 10.1. The summed E-state index contributed by atoms with van der Waals surface area (Å²) in [5.74, 6) is 0.759. The number of nitrogens with one attached hydrogen (secondary N) is 1. The first-order chi connectivity index (χ1) is 10.6. The molecule has 0 saturated heterocycles. The van der Waals surface area contributed by atoms with Crippen LogP contribution in [0.5, 0.6) is 5.75 Å². The summed E-state index contributed by atoms with van der Waals surface area (Å²) < 4.78 is 5.24. The second-order valence-corrected chi connectivity index (χ2v) is 6.21. The topological polar surface area (TPSA) is 38.3 Å². The maximum Gasteiger partial charge on any atom is 0.228 e. The predicted molar refractivity (Wildman–Crippen MR) is 88.9 cm³/mol. The molecule has 1 aliphatic carbocycles. The summed E-state index contributed by atoms with van der Waals surface area (Å²) in [5.41, 5.74) is 1.70. The number of carbonyl (C=O) groups excluding carboxylic acids is 1. The Hall–Kier alpha value is -1.71. The number of methoxy groups -OCH3 is 1. The third kappa shape index (κ3) is 3.21. The molecule has 0 bridgehead atoms. The first-order valence-electron chi connectivity index (χ1n) is 6.98. The van der Waals surface area contributed by atoms with E-state index < -0.39 is 0 Å². The lowest BCUT2D eigenvalue weighted by molar-refractivity contribution is -0.117. The van der Waals surface area contributed by atoms with Gasteiger partial charge in [-0.2, -0.15) is 0 Å². The molecule has 22 heavy (non-hydrogen) atoms. The monoisotopic (exact) mass is 335 g/mol. The standard InChI is InChI=1S/C17H15Cl2NO2/c1-22-16-5-3-2-4-15(16)20-17(21)14-9-13(14)10-6-11(18)8-12(19)7-10/h2-8,13-14H,9H2,1H3,(H,20,21)/t13-,14-/m1/s1. The third-order valence-corrected chi connectivity index (χ3v) is 4.24. The van der Waals surface area contributed by atoms with Crippen molar-refractivity contribution in [1.29, 1.82) is 0 Å². The van der Waals surface area contributed by atoms with Crippen molar-refractivity contribution in [2.45, 2.75) is 12.3 Å². The Labute approximate surface area is 139 Å². The van der Waals surface area contributed by atoms with Crippen molar-refractivity contribution >= 4 is 34.8 Å². The summed E-state index contributed by atoms with van der Waals surface area (Å²) in [6, 6.07) is 12.8. The number of benzene rings is 2. The largest absolute Gasteiger partial charge is 0.495 e. The van der Waals surface area contributed by atoms with Gasteiger partial charge >= 0.3 is 0 Å². The van der Waals surface area contributed by atoms with Gasteiger partial charge in [-0.05, 0) is 48.2 Å². The van der Waals surface area contributed by atoms with Crippen LogP contribution in [0, 0.1) is 5.92 Å². The molecule has 2 aromatic rings. The van der Waals surface area contributed by atoms with Gasteiger partial charge in [-0.15, -0.1) is 0 Å². The van der Waals surface area contributed by atoms with E-state index in [1.54, 1.807) is 13.2 Å². The van der Waals surface area contributed by atoms with E-state index in [2.05, 4.69) is 5.32 Å². The van der Waals surface area contributed by atoms with Crippen LogP contribution in [0.4, 0.5) is 5.69 Å². The van der Waals surface area contributed by atoms with Gasteiger partial charge in [0.25, 0.3) is 0 Å². The average Bonchev–Trinajstić information content (AvgIpc) is 3.27. The molecule has 1 amide bonds. The summed E-state index contributed by atoms with van der Waals surface area (Å²) in [6.07, 6.45) is 0.803. The van der Waals surface area contributed by atoms with E-state index in [4.69, 9.17) is 27.9 Å². The molecule has 0 unspecified atom stereocenters. The van der Waals surface area contributed by atoms with Gasteiger partial charge in [0.15, 0.2) is 0 Å². The molecular formula is C17H15Cl2NO2. The Bertz CT molecular complexity index is 697. The Morgan fingerprint density at radius 3 is 2.55 bits per heavy atom. The number of carbonyl (C=O) groups is 1. The number of para-hydroxylation sites is 2. The Balaban J connectivity index is 1.70. The highest BCUT2D eigenvalue weighted by Crippen LogP contribution is 2.49. The summed E-state index contributed by atoms with van der Waals surface area (Å²) >= 11 is 12.0. The lowest BCUT2D eigenvalue weighted by Gasteiger charge is -2.09. The van der Waals surface area contributed by atoms with E-state index in [1.807, 2.05) is 36.4 Å². The van der Waals surface area contributed by atoms with E-state index in [0.717, 1.165) is 12.0 Å². The van der Waals surface area contributed by atoms with Gasteiger partial charge in [0.05, 0.1) is 12.8 Å². The van der Waals surface area contributed by atoms with E-state index in [-0.39, 0.29) is 17.7 Å². The van der Waals surface area contributed by atoms with Crippen LogP contribution in [-0.2, 0) is 4.79 Å². The summed E-state index contributed by atoms with van der Waals surface area (Å²) in [7, 11) is 1.58. The molecule has 5 heteroatoms. The van der Waals surface area contributed by atoms with E-state index in [9.17, 15) is 4.79 Å². The molecule has 114 valence electrons. The van der Waals surface area contributed by atoms with Crippen molar-refractivity contribution in [3.8, 4) is 5.75 Å². The van der Waals surface area contributed by atoms with Crippen molar-refractivity contribution in [3.63, 3.8) is 0 Å². The SMILES string of the molecule is COc1ccccc1NC(=O)[C@@H]1C[C@@H]1c1cc(Cl)cc(Cl)c1. The molecule has 0 spiro atoms. The number of hydrogen-bond donors (Lipinski definition) is 1. The smallest absolute Gasteiger partial charge is 0.228 e. The molecule has 3 nitrogen and oxygen atoms in total. The first kappa shape index (κ1) is 15.2. The van der Waals surface area contributed by atoms with Crippen molar-refractivity contribution < 1.29 is 9.53 Å².